The van der Waals surface area contributed by atoms with Gasteiger partial charge < -0.3 is 0 Å². The largest absolute Gasteiger partial charge is 0.478 e. The molecular formula is C3F9OP. The summed E-state index contributed by atoms with van der Waals surface area (Å²) in [5.41, 5.74) is -6.92. The van der Waals surface area contributed by atoms with E-state index in [2.05, 4.69) is 0 Å². The Morgan fingerprint density at radius 2 is 1.07 bits per heavy atom. The van der Waals surface area contributed by atoms with Gasteiger partial charge in [-0.1, -0.05) is 0 Å². The van der Waals surface area contributed by atoms with E-state index in [-0.39, 0.29) is 0 Å². The number of hydrogen-bond donors (Lipinski definition) is 0. The van der Waals surface area contributed by atoms with Crippen LogP contribution in [-0.2, 0) is 4.57 Å². The van der Waals surface area contributed by atoms with Crippen molar-refractivity contribution in [3.8, 4) is 0 Å². The second-order valence-electron chi connectivity index (χ2n) is 2.08. The summed E-state index contributed by atoms with van der Waals surface area (Å²) < 4.78 is 112. The Morgan fingerprint density at radius 1 is 0.786 bits per heavy atom. The number of hydrogen-bond acceptors (Lipinski definition) is 1. The van der Waals surface area contributed by atoms with Crippen molar-refractivity contribution in [1.82, 2.24) is 0 Å². The van der Waals surface area contributed by atoms with Crippen LogP contribution >= 0.6 is 7.76 Å². The van der Waals surface area contributed by atoms with Crippen molar-refractivity contribution in [1.29, 1.82) is 0 Å². The Morgan fingerprint density at radius 3 is 1.14 bits per heavy atom. The minimum atomic E-state index is -7.89. The molecule has 0 saturated carbocycles. The fourth-order valence-electron chi connectivity index (χ4n) is 0.334. The molecule has 0 N–H and O–H groups in total. The summed E-state index contributed by atoms with van der Waals surface area (Å²) in [4.78, 5) is 0. The summed E-state index contributed by atoms with van der Waals surface area (Å²) >= 11 is 0. The molecule has 0 rings (SSSR count). The van der Waals surface area contributed by atoms with Crippen LogP contribution < -0.4 is 0 Å². The monoisotopic (exact) mass is 254 g/mol. The van der Waals surface area contributed by atoms with Crippen LogP contribution in [0.4, 0.5) is 39.1 Å². The average molecular weight is 254 g/mol. The van der Waals surface area contributed by atoms with Gasteiger partial charge in [-0.25, -0.2) is 4.57 Å². The predicted octanol–water partition coefficient (Wildman–Crippen LogP) is 3.91. The van der Waals surface area contributed by atoms with Crippen LogP contribution in [0.25, 0.3) is 0 Å². The van der Waals surface area contributed by atoms with E-state index in [1.165, 1.54) is 0 Å². The number of halogens is 9. The topological polar surface area (TPSA) is 17.1 Å². The van der Waals surface area contributed by atoms with Gasteiger partial charge in [0, 0.05) is 0 Å². The van der Waals surface area contributed by atoms with Gasteiger partial charge in [-0.15, -0.1) is 8.39 Å². The van der Waals surface area contributed by atoms with Crippen LogP contribution in [0.15, 0.2) is 0 Å². The molecule has 0 spiro atoms. The zero-order chi connectivity index (χ0) is 12.0. The molecule has 0 aliphatic carbocycles. The lowest BCUT2D eigenvalue weighted by Crippen LogP contribution is -2.50. The second-order valence-corrected chi connectivity index (χ2v) is 3.56. The third-order valence-electron chi connectivity index (χ3n) is 1.06. The van der Waals surface area contributed by atoms with Crippen LogP contribution in [0.3, 0.4) is 0 Å². The molecule has 0 unspecified atom stereocenters. The Bertz CT molecular complexity index is 260. The van der Waals surface area contributed by atoms with Crippen LogP contribution in [0, 0.1) is 0 Å². The Balaban J connectivity index is 5.42. The van der Waals surface area contributed by atoms with Crippen molar-refractivity contribution >= 4 is 7.76 Å². The van der Waals surface area contributed by atoms with Crippen molar-refractivity contribution in [3.63, 3.8) is 0 Å². The van der Waals surface area contributed by atoms with Gasteiger partial charge in [-0.2, -0.15) is 30.7 Å². The van der Waals surface area contributed by atoms with Crippen molar-refractivity contribution in [3.05, 3.63) is 0 Å². The molecule has 0 fully saturated rings. The van der Waals surface area contributed by atoms with Gasteiger partial charge in [-0.05, 0) is 0 Å². The normalized spacial score (nSPS) is 15.8. The third kappa shape index (κ3) is 1.84. The fourth-order valence-corrected chi connectivity index (χ4v) is 0.788. The molecule has 86 valence electrons. The van der Waals surface area contributed by atoms with Crippen molar-refractivity contribution in [2.75, 3.05) is 0 Å². The SMILES string of the molecule is O=P(F)(F)C(F)(F)C(F)(F)C(F)(F)F. The number of rotatable bonds is 2. The molecule has 14 heavy (non-hydrogen) atoms. The minimum Gasteiger partial charge on any atom is -0.243 e. The molecule has 0 aromatic carbocycles. The van der Waals surface area contributed by atoms with Crippen molar-refractivity contribution in [2.24, 2.45) is 0 Å². The van der Waals surface area contributed by atoms with Crippen molar-refractivity contribution in [2.45, 2.75) is 17.8 Å². The molecule has 0 heterocycles. The van der Waals surface area contributed by atoms with Gasteiger partial charge >= 0.3 is 25.5 Å². The Labute approximate surface area is 70.5 Å². The first-order chi connectivity index (χ1) is 5.75. The molecule has 11 heteroatoms. The highest BCUT2D eigenvalue weighted by Crippen LogP contribution is 2.70. The molecule has 0 radical (unpaired) electrons. The van der Waals surface area contributed by atoms with E-state index in [4.69, 9.17) is 0 Å². The maximum atomic E-state index is 11.7. The quantitative estimate of drug-likeness (QED) is 0.539. The molecular weight excluding hydrogens is 254 g/mol. The Kier molecular flexibility index (Phi) is 2.96. The highest BCUT2D eigenvalue weighted by molar-refractivity contribution is 7.54. The predicted molar refractivity (Wildman–Crippen MR) is 25.8 cm³/mol. The lowest BCUT2D eigenvalue weighted by molar-refractivity contribution is -0.334. The van der Waals surface area contributed by atoms with E-state index in [1.807, 2.05) is 0 Å². The first kappa shape index (κ1) is 13.6. The van der Waals surface area contributed by atoms with Gasteiger partial charge in [0.15, 0.2) is 0 Å². The van der Waals surface area contributed by atoms with E-state index in [1.54, 1.807) is 0 Å². The van der Waals surface area contributed by atoms with E-state index in [0.717, 1.165) is 0 Å². The van der Waals surface area contributed by atoms with E-state index in [9.17, 15) is 43.7 Å². The average Bonchev–Trinajstić information content (AvgIpc) is 1.81. The smallest absolute Gasteiger partial charge is 0.243 e. The molecule has 0 amide bonds. The maximum Gasteiger partial charge on any atom is 0.478 e. The lowest BCUT2D eigenvalue weighted by Gasteiger charge is -2.26. The van der Waals surface area contributed by atoms with Crippen molar-refractivity contribution < 1.29 is 43.7 Å². The van der Waals surface area contributed by atoms with E-state index >= 15 is 0 Å². The first-order valence-corrected chi connectivity index (χ1v) is 4.06. The Hall–Kier alpha value is -0.400. The summed E-state index contributed by atoms with van der Waals surface area (Å²) in [5.74, 6) is -7.03. The van der Waals surface area contributed by atoms with Crippen LogP contribution in [0.5, 0.6) is 0 Å². The molecule has 1 nitrogen and oxygen atoms in total. The fraction of sp³-hybridized carbons (Fsp3) is 1.00. The molecule has 0 aliphatic heterocycles. The highest BCUT2D eigenvalue weighted by atomic mass is 31.2. The lowest BCUT2D eigenvalue weighted by atomic mass is 10.3. The minimum absolute atomic E-state index is 6.90. The molecule has 0 bridgehead atoms. The maximum absolute atomic E-state index is 11.7. The van der Waals surface area contributed by atoms with Gasteiger partial charge in [0.05, 0.1) is 0 Å². The second kappa shape index (κ2) is 3.04. The summed E-state index contributed by atoms with van der Waals surface area (Å²) in [5, 5.41) is 0. The van der Waals surface area contributed by atoms with E-state index in [0.29, 0.717) is 0 Å². The molecule has 0 aromatic rings. The summed E-state index contributed by atoms with van der Waals surface area (Å²) in [6, 6.07) is 0. The van der Waals surface area contributed by atoms with Gasteiger partial charge in [0.25, 0.3) is 0 Å². The van der Waals surface area contributed by atoms with E-state index < -0.39 is 25.5 Å². The summed E-state index contributed by atoms with van der Waals surface area (Å²) in [6.07, 6.45) is -6.90. The zero-order valence-electron chi connectivity index (χ0n) is 5.76. The van der Waals surface area contributed by atoms with Crippen LogP contribution in [-0.4, -0.2) is 17.8 Å². The molecule has 0 atom stereocenters. The van der Waals surface area contributed by atoms with Crippen LogP contribution in [0.1, 0.15) is 0 Å². The number of alkyl halides is 7. The molecule has 0 saturated heterocycles. The summed E-state index contributed by atoms with van der Waals surface area (Å²) in [7, 11) is -7.89. The van der Waals surface area contributed by atoms with Gasteiger partial charge in [0.1, 0.15) is 0 Å². The first-order valence-electron chi connectivity index (χ1n) is 2.57. The summed E-state index contributed by atoms with van der Waals surface area (Å²) in [6.45, 7) is 0. The highest BCUT2D eigenvalue weighted by Gasteiger charge is 2.81. The molecule has 0 aliphatic rings. The van der Waals surface area contributed by atoms with Gasteiger partial charge in [0.2, 0.25) is 0 Å². The van der Waals surface area contributed by atoms with Crippen LogP contribution in [0.2, 0.25) is 0 Å². The third-order valence-corrected chi connectivity index (χ3v) is 2.00. The molecule has 0 aromatic heterocycles. The van der Waals surface area contributed by atoms with Gasteiger partial charge in [-0.3, -0.25) is 0 Å². The zero-order valence-corrected chi connectivity index (χ0v) is 6.65. The standard InChI is InChI=1S/C3F9OP/c4-1(5,2(6,7)8)3(9,10)14(11,12)13.